The number of anilines is 1. The van der Waals surface area contributed by atoms with E-state index >= 15 is 0 Å². The number of amides is 1. The fourth-order valence-electron chi connectivity index (χ4n) is 3.81. The van der Waals surface area contributed by atoms with Crippen LogP contribution in [0.15, 0.2) is 76.0 Å². The maximum atomic E-state index is 13.4. The quantitative estimate of drug-likeness (QED) is 0.478. The van der Waals surface area contributed by atoms with Gasteiger partial charge in [0.1, 0.15) is 5.75 Å². The van der Waals surface area contributed by atoms with Crippen LogP contribution in [0.1, 0.15) is 28.3 Å². The largest absolute Gasteiger partial charge is 0.497 e. The molecule has 4 aromatic rings. The van der Waals surface area contributed by atoms with Crippen LogP contribution in [0.4, 0.5) is 5.69 Å². The summed E-state index contributed by atoms with van der Waals surface area (Å²) in [5.74, 6) is 0.197. The Bertz CT molecular complexity index is 1330. The molecule has 1 heterocycles. The number of benzene rings is 3. The summed E-state index contributed by atoms with van der Waals surface area (Å²) in [7, 11) is 1.61. The minimum Gasteiger partial charge on any atom is -0.497 e. The molecule has 3 aromatic carbocycles. The highest BCUT2D eigenvalue weighted by Crippen LogP contribution is 2.26. The molecule has 0 aliphatic rings. The van der Waals surface area contributed by atoms with E-state index < -0.39 is 11.5 Å². The van der Waals surface area contributed by atoms with E-state index in [0.717, 1.165) is 22.4 Å². The molecule has 0 radical (unpaired) electrons. The summed E-state index contributed by atoms with van der Waals surface area (Å²) in [6.45, 7) is 3.79. The number of hydrogen-bond acceptors (Lipinski definition) is 5. The molecule has 0 bridgehead atoms. The molecule has 1 unspecified atom stereocenters. The van der Waals surface area contributed by atoms with E-state index in [2.05, 4.69) is 16.5 Å². The summed E-state index contributed by atoms with van der Waals surface area (Å²) in [6, 6.07) is 20.8. The molecule has 1 atom stereocenters. The van der Waals surface area contributed by atoms with Gasteiger partial charge < -0.3 is 14.6 Å². The van der Waals surface area contributed by atoms with Crippen molar-refractivity contribution in [2.75, 3.05) is 12.4 Å². The van der Waals surface area contributed by atoms with Gasteiger partial charge in [-0.2, -0.15) is 0 Å². The standard InChI is InChI=1S/C26H24N2O4/c1-16-5-4-6-18(13-16)14-24(19-7-10-21(31-3)11-8-19)25(29)27-20-9-12-22-23(15-20)17(2)28-32-26(22)30/h4-13,15,24H,14H2,1-3H3,(H,27,29). The number of carbonyl (C=O) groups excluding carboxylic acids is 1. The molecule has 6 nitrogen and oxygen atoms in total. The first kappa shape index (κ1) is 21.3. The van der Waals surface area contributed by atoms with Crippen molar-refractivity contribution in [3.8, 4) is 5.75 Å². The van der Waals surface area contributed by atoms with Gasteiger partial charge in [-0.1, -0.05) is 47.1 Å². The number of nitrogens with one attached hydrogen (secondary N) is 1. The maximum absolute atomic E-state index is 13.4. The lowest BCUT2D eigenvalue weighted by molar-refractivity contribution is -0.117. The summed E-state index contributed by atoms with van der Waals surface area (Å²) in [5, 5.41) is 7.87. The second-order valence-corrected chi connectivity index (χ2v) is 7.82. The van der Waals surface area contributed by atoms with Gasteiger partial charge in [-0.15, -0.1) is 0 Å². The minimum atomic E-state index is -0.501. The van der Waals surface area contributed by atoms with Crippen LogP contribution < -0.4 is 15.7 Å². The van der Waals surface area contributed by atoms with E-state index in [9.17, 15) is 9.59 Å². The number of methoxy groups -OCH3 is 1. The Balaban J connectivity index is 1.66. The number of nitrogens with zero attached hydrogens (tertiary/aromatic N) is 1. The number of ether oxygens (including phenoxy) is 1. The predicted molar refractivity (Wildman–Crippen MR) is 124 cm³/mol. The average molecular weight is 428 g/mol. The summed E-state index contributed by atoms with van der Waals surface area (Å²) in [6.07, 6.45) is 0.553. The normalized spacial score (nSPS) is 11.8. The molecular weight excluding hydrogens is 404 g/mol. The molecule has 0 aliphatic carbocycles. The van der Waals surface area contributed by atoms with Crippen molar-refractivity contribution in [2.24, 2.45) is 0 Å². The highest BCUT2D eigenvalue weighted by atomic mass is 16.5. The van der Waals surface area contributed by atoms with Crippen LogP contribution in [0, 0.1) is 13.8 Å². The fraction of sp³-hybridized carbons (Fsp3) is 0.192. The van der Waals surface area contributed by atoms with Crippen LogP contribution >= 0.6 is 0 Å². The van der Waals surface area contributed by atoms with Crippen LogP contribution in [0.5, 0.6) is 5.75 Å². The number of rotatable bonds is 6. The Hall–Kier alpha value is -3.93. The van der Waals surface area contributed by atoms with Crippen molar-refractivity contribution in [3.05, 3.63) is 99.5 Å². The van der Waals surface area contributed by atoms with Gasteiger partial charge in [0.25, 0.3) is 0 Å². The van der Waals surface area contributed by atoms with Crippen LogP contribution in [-0.2, 0) is 11.2 Å². The highest BCUT2D eigenvalue weighted by molar-refractivity contribution is 5.98. The van der Waals surface area contributed by atoms with Crippen LogP contribution in [0.2, 0.25) is 0 Å². The third-order valence-corrected chi connectivity index (χ3v) is 5.52. The van der Waals surface area contributed by atoms with Crippen LogP contribution in [0.3, 0.4) is 0 Å². The highest BCUT2D eigenvalue weighted by Gasteiger charge is 2.22. The van der Waals surface area contributed by atoms with Gasteiger partial charge in [0.2, 0.25) is 5.91 Å². The van der Waals surface area contributed by atoms with Crippen LogP contribution in [0.25, 0.3) is 10.8 Å². The van der Waals surface area contributed by atoms with Crippen molar-refractivity contribution in [3.63, 3.8) is 0 Å². The Morgan fingerprint density at radius 3 is 2.53 bits per heavy atom. The Morgan fingerprint density at radius 1 is 1.03 bits per heavy atom. The topological polar surface area (TPSA) is 81.4 Å². The SMILES string of the molecule is COc1ccc(C(Cc2cccc(C)c2)C(=O)Nc2ccc3c(=O)onc(C)c3c2)cc1. The average Bonchev–Trinajstić information content (AvgIpc) is 2.80. The molecular formula is C26H24N2O4. The Morgan fingerprint density at radius 2 is 1.81 bits per heavy atom. The fourth-order valence-corrected chi connectivity index (χ4v) is 3.81. The van der Waals surface area contributed by atoms with E-state index in [-0.39, 0.29) is 5.91 Å². The summed E-state index contributed by atoms with van der Waals surface area (Å²) in [4.78, 5) is 25.3. The van der Waals surface area contributed by atoms with Gasteiger partial charge in [0.15, 0.2) is 0 Å². The van der Waals surface area contributed by atoms with Gasteiger partial charge in [-0.05, 0) is 61.7 Å². The summed E-state index contributed by atoms with van der Waals surface area (Å²) in [5.41, 5.74) is 3.80. The third kappa shape index (κ3) is 4.54. The van der Waals surface area contributed by atoms with Crippen LogP contribution in [-0.4, -0.2) is 18.2 Å². The first-order valence-electron chi connectivity index (χ1n) is 10.4. The second kappa shape index (κ2) is 9.06. The minimum absolute atomic E-state index is 0.135. The first-order valence-corrected chi connectivity index (χ1v) is 10.4. The Labute approximate surface area is 185 Å². The van der Waals surface area contributed by atoms with E-state index in [1.807, 2.05) is 49.4 Å². The zero-order valence-corrected chi connectivity index (χ0v) is 18.2. The molecule has 6 heteroatoms. The molecule has 162 valence electrons. The zero-order chi connectivity index (χ0) is 22.7. The number of aromatic nitrogens is 1. The predicted octanol–water partition coefficient (Wildman–Crippen LogP) is 4.78. The molecule has 0 saturated heterocycles. The van der Waals surface area contributed by atoms with E-state index in [1.165, 1.54) is 0 Å². The molecule has 0 aliphatic heterocycles. The molecule has 1 aromatic heterocycles. The lowest BCUT2D eigenvalue weighted by Crippen LogP contribution is -2.23. The lowest BCUT2D eigenvalue weighted by atomic mass is 9.90. The smallest absolute Gasteiger partial charge is 0.366 e. The van der Waals surface area contributed by atoms with Crippen molar-refractivity contribution >= 4 is 22.4 Å². The first-order chi connectivity index (χ1) is 15.4. The third-order valence-electron chi connectivity index (χ3n) is 5.52. The molecule has 32 heavy (non-hydrogen) atoms. The molecule has 0 saturated carbocycles. The van der Waals surface area contributed by atoms with Crippen molar-refractivity contribution < 1.29 is 14.1 Å². The van der Waals surface area contributed by atoms with E-state index in [1.54, 1.807) is 32.2 Å². The summed E-state index contributed by atoms with van der Waals surface area (Å²) < 4.78 is 10.0. The van der Waals surface area contributed by atoms with Gasteiger partial charge in [-0.3, -0.25) is 4.79 Å². The van der Waals surface area contributed by atoms with Crippen molar-refractivity contribution in [1.29, 1.82) is 0 Å². The number of hydrogen-bond donors (Lipinski definition) is 1. The maximum Gasteiger partial charge on any atom is 0.366 e. The number of fused-ring (bicyclic) bond motifs is 1. The molecule has 0 spiro atoms. The molecule has 4 rings (SSSR count). The summed E-state index contributed by atoms with van der Waals surface area (Å²) >= 11 is 0. The van der Waals surface area contributed by atoms with Crippen molar-refractivity contribution in [1.82, 2.24) is 5.16 Å². The van der Waals surface area contributed by atoms with E-state index in [4.69, 9.17) is 9.26 Å². The molecule has 1 N–H and O–H groups in total. The lowest BCUT2D eigenvalue weighted by Gasteiger charge is -2.18. The second-order valence-electron chi connectivity index (χ2n) is 7.82. The Kier molecular flexibility index (Phi) is 6.03. The zero-order valence-electron chi connectivity index (χ0n) is 18.2. The number of carbonyl (C=O) groups is 1. The number of aryl methyl sites for hydroxylation is 2. The molecule has 0 fully saturated rings. The van der Waals surface area contributed by atoms with Gasteiger partial charge in [-0.25, -0.2) is 4.79 Å². The monoisotopic (exact) mass is 428 g/mol. The van der Waals surface area contributed by atoms with Crippen molar-refractivity contribution in [2.45, 2.75) is 26.2 Å². The van der Waals surface area contributed by atoms with Gasteiger partial charge >= 0.3 is 5.63 Å². The van der Waals surface area contributed by atoms with Gasteiger partial charge in [0, 0.05) is 11.1 Å². The van der Waals surface area contributed by atoms with Gasteiger partial charge in [0.05, 0.1) is 24.1 Å². The van der Waals surface area contributed by atoms with E-state index in [0.29, 0.717) is 28.6 Å². The molecule has 1 amide bonds.